The monoisotopic (exact) mass is 291 g/mol. The van der Waals surface area contributed by atoms with E-state index in [9.17, 15) is 13.6 Å². The number of primary amides is 1. The van der Waals surface area contributed by atoms with Crippen molar-refractivity contribution in [2.75, 3.05) is 0 Å². The number of halogens is 2. The molecule has 0 aromatic heterocycles. The van der Waals surface area contributed by atoms with Crippen LogP contribution in [0.15, 0.2) is 47.6 Å². The van der Waals surface area contributed by atoms with Crippen LogP contribution < -0.4 is 15.9 Å². The standard InChI is InChI=1S/C14H11F2N3O2/c15-12-6-5-11(7-13(12)16)21-10-3-1-9(2-4-10)8-18-19-14(17)20/h1-8H,(H3,17,19,20)/b18-8-. The van der Waals surface area contributed by atoms with Crippen molar-refractivity contribution in [3.63, 3.8) is 0 Å². The molecule has 108 valence electrons. The third-order valence-electron chi connectivity index (χ3n) is 2.40. The van der Waals surface area contributed by atoms with E-state index in [0.29, 0.717) is 11.3 Å². The lowest BCUT2D eigenvalue weighted by molar-refractivity contribution is 0.249. The molecule has 5 nitrogen and oxygen atoms in total. The fourth-order valence-electron chi connectivity index (χ4n) is 1.47. The largest absolute Gasteiger partial charge is 0.457 e. The molecular weight excluding hydrogens is 280 g/mol. The molecule has 0 fully saturated rings. The molecule has 2 amide bonds. The Morgan fingerprint density at radius 3 is 2.38 bits per heavy atom. The molecule has 2 aromatic carbocycles. The average molecular weight is 291 g/mol. The number of carbonyl (C=O) groups is 1. The van der Waals surface area contributed by atoms with Crippen LogP contribution in [-0.4, -0.2) is 12.2 Å². The van der Waals surface area contributed by atoms with E-state index >= 15 is 0 Å². The van der Waals surface area contributed by atoms with Crippen molar-refractivity contribution in [3.05, 3.63) is 59.7 Å². The van der Waals surface area contributed by atoms with Gasteiger partial charge in [-0.25, -0.2) is 19.0 Å². The molecular formula is C14H11F2N3O2. The normalized spacial score (nSPS) is 10.6. The van der Waals surface area contributed by atoms with E-state index in [-0.39, 0.29) is 5.75 Å². The van der Waals surface area contributed by atoms with Crippen molar-refractivity contribution < 1.29 is 18.3 Å². The van der Waals surface area contributed by atoms with Gasteiger partial charge in [0, 0.05) is 6.07 Å². The molecule has 2 aromatic rings. The van der Waals surface area contributed by atoms with Crippen molar-refractivity contribution in [3.8, 4) is 11.5 Å². The zero-order chi connectivity index (χ0) is 15.2. The Balaban J connectivity index is 2.03. The number of hydrazone groups is 1. The molecule has 0 atom stereocenters. The van der Waals surface area contributed by atoms with Crippen LogP contribution in [0.1, 0.15) is 5.56 Å². The Labute approximate surface area is 119 Å². The topological polar surface area (TPSA) is 76.7 Å². The summed E-state index contributed by atoms with van der Waals surface area (Å²) in [5.74, 6) is -1.28. The van der Waals surface area contributed by atoms with Crippen LogP contribution in [0.25, 0.3) is 0 Å². The SMILES string of the molecule is NC(=O)N/N=C\c1ccc(Oc2ccc(F)c(F)c2)cc1. The summed E-state index contributed by atoms with van der Waals surface area (Å²) < 4.78 is 31.2. The van der Waals surface area contributed by atoms with Gasteiger partial charge < -0.3 is 10.5 Å². The molecule has 0 aliphatic heterocycles. The molecule has 0 aliphatic rings. The zero-order valence-electron chi connectivity index (χ0n) is 10.7. The van der Waals surface area contributed by atoms with Gasteiger partial charge in [0.05, 0.1) is 6.21 Å². The summed E-state index contributed by atoms with van der Waals surface area (Å²) in [4.78, 5) is 10.4. The second-order valence-electron chi connectivity index (χ2n) is 3.98. The fourth-order valence-corrected chi connectivity index (χ4v) is 1.47. The number of nitrogens with zero attached hydrogens (tertiary/aromatic N) is 1. The summed E-state index contributed by atoms with van der Waals surface area (Å²) in [6, 6.07) is 9.08. The minimum absolute atomic E-state index is 0.186. The Morgan fingerprint density at radius 2 is 1.76 bits per heavy atom. The number of urea groups is 1. The molecule has 0 radical (unpaired) electrons. The maximum Gasteiger partial charge on any atom is 0.332 e. The van der Waals surface area contributed by atoms with Gasteiger partial charge in [0.1, 0.15) is 11.5 Å². The van der Waals surface area contributed by atoms with Crippen molar-refractivity contribution in [1.82, 2.24) is 5.43 Å². The smallest absolute Gasteiger partial charge is 0.332 e. The maximum atomic E-state index is 13.0. The third kappa shape index (κ3) is 4.27. The number of nitrogens with one attached hydrogen (secondary N) is 1. The van der Waals surface area contributed by atoms with Gasteiger partial charge in [0.25, 0.3) is 0 Å². The van der Waals surface area contributed by atoms with Crippen molar-refractivity contribution in [2.45, 2.75) is 0 Å². The van der Waals surface area contributed by atoms with Gasteiger partial charge >= 0.3 is 6.03 Å². The highest BCUT2D eigenvalue weighted by Gasteiger charge is 2.04. The first-order valence-corrected chi connectivity index (χ1v) is 5.86. The Kier molecular flexibility index (Phi) is 4.45. The molecule has 0 unspecified atom stereocenters. The van der Waals surface area contributed by atoms with E-state index < -0.39 is 17.7 Å². The van der Waals surface area contributed by atoms with E-state index in [1.54, 1.807) is 24.3 Å². The molecule has 0 saturated carbocycles. The van der Waals surface area contributed by atoms with E-state index in [0.717, 1.165) is 12.1 Å². The van der Waals surface area contributed by atoms with Crippen LogP contribution in [0, 0.1) is 11.6 Å². The van der Waals surface area contributed by atoms with Crippen LogP contribution in [0.2, 0.25) is 0 Å². The number of hydrogen-bond acceptors (Lipinski definition) is 3. The van der Waals surface area contributed by atoms with Gasteiger partial charge in [0.2, 0.25) is 0 Å². The van der Waals surface area contributed by atoms with E-state index in [4.69, 9.17) is 10.5 Å². The lowest BCUT2D eigenvalue weighted by atomic mass is 10.2. The van der Waals surface area contributed by atoms with Crippen LogP contribution in [0.5, 0.6) is 11.5 Å². The molecule has 0 spiro atoms. The number of amides is 2. The molecule has 21 heavy (non-hydrogen) atoms. The highest BCUT2D eigenvalue weighted by Crippen LogP contribution is 2.23. The number of carbonyl (C=O) groups excluding carboxylic acids is 1. The first-order valence-electron chi connectivity index (χ1n) is 5.86. The molecule has 7 heteroatoms. The average Bonchev–Trinajstić information content (AvgIpc) is 2.44. The Hall–Kier alpha value is -2.96. The van der Waals surface area contributed by atoms with Crippen molar-refractivity contribution in [1.29, 1.82) is 0 Å². The summed E-state index contributed by atoms with van der Waals surface area (Å²) in [5, 5.41) is 3.59. The highest BCUT2D eigenvalue weighted by atomic mass is 19.2. The predicted molar refractivity (Wildman–Crippen MR) is 73.2 cm³/mol. The number of nitrogens with two attached hydrogens (primary N) is 1. The second-order valence-corrected chi connectivity index (χ2v) is 3.98. The fraction of sp³-hybridized carbons (Fsp3) is 0. The van der Waals surface area contributed by atoms with E-state index in [1.165, 1.54) is 12.3 Å². The summed E-state index contributed by atoms with van der Waals surface area (Å²) in [7, 11) is 0. The molecule has 3 N–H and O–H groups in total. The summed E-state index contributed by atoms with van der Waals surface area (Å²) in [6.45, 7) is 0. The van der Waals surface area contributed by atoms with Gasteiger partial charge in [-0.2, -0.15) is 5.10 Å². The van der Waals surface area contributed by atoms with Crippen LogP contribution in [-0.2, 0) is 0 Å². The van der Waals surface area contributed by atoms with Gasteiger partial charge in [-0.1, -0.05) is 0 Å². The molecule has 0 bridgehead atoms. The van der Waals surface area contributed by atoms with Gasteiger partial charge in [-0.15, -0.1) is 0 Å². The van der Waals surface area contributed by atoms with Gasteiger partial charge in [-0.05, 0) is 42.0 Å². The Bertz CT molecular complexity index is 672. The summed E-state index contributed by atoms with van der Waals surface area (Å²) in [6.07, 6.45) is 1.39. The lowest BCUT2D eigenvalue weighted by Crippen LogP contribution is -2.24. The third-order valence-corrected chi connectivity index (χ3v) is 2.40. The van der Waals surface area contributed by atoms with Crippen LogP contribution in [0.4, 0.5) is 13.6 Å². The van der Waals surface area contributed by atoms with Crippen LogP contribution in [0.3, 0.4) is 0 Å². The molecule has 0 saturated heterocycles. The summed E-state index contributed by atoms with van der Waals surface area (Å²) >= 11 is 0. The minimum atomic E-state index is -0.978. The highest BCUT2D eigenvalue weighted by molar-refractivity contribution is 5.81. The molecule has 0 heterocycles. The van der Waals surface area contributed by atoms with Crippen molar-refractivity contribution in [2.24, 2.45) is 10.8 Å². The van der Waals surface area contributed by atoms with Gasteiger partial charge in [-0.3, -0.25) is 0 Å². The van der Waals surface area contributed by atoms with E-state index in [2.05, 4.69) is 10.5 Å². The Morgan fingerprint density at radius 1 is 1.10 bits per heavy atom. The molecule has 2 rings (SSSR count). The number of hydrogen-bond donors (Lipinski definition) is 2. The first kappa shape index (κ1) is 14.4. The quantitative estimate of drug-likeness (QED) is 0.671. The van der Waals surface area contributed by atoms with Crippen LogP contribution >= 0.6 is 0 Å². The van der Waals surface area contributed by atoms with Gasteiger partial charge in [0.15, 0.2) is 11.6 Å². The summed E-state index contributed by atoms with van der Waals surface area (Å²) in [5.41, 5.74) is 7.60. The van der Waals surface area contributed by atoms with E-state index in [1.807, 2.05) is 0 Å². The predicted octanol–water partition coefficient (Wildman–Crippen LogP) is 2.76. The van der Waals surface area contributed by atoms with Crippen molar-refractivity contribution >= 4 is 12.2 Å². The first-order chi connectivity index (χ1) is 10.0. The number of benzene rings is 2. The molecule has 0 aliphatic carbocycles. The zero-order valence-corrected chi connectivity index (χ0v) is 10.7. The lowest BCUT2D eigenvalue weighted by Gasteiger charge is -2.06. The minimum Gasteiger partial charge on any atom is -0.457 e. The second kappa shape index (κ2) is 6.47. The number of rotatable bonds is 4. The maximum absolute atomic E-state index is 13.0. The number of ether oxygens (including phenoxy) is 1.